The van der Waals surface area contributed by atoms with Crippen LogP contribution < -0.4 is 0 Å². The van der Waals surface area contributed by atoms with E-state index in [2.05, 4.69) is 9.47 Å². The molecule has 0 aliphatic rings. The fraction of sp³-hybridized carbons (Fsp3) is 0. The largest absolute Gasteiger partial charge is 0.478 e. The molecule has 19 heteroatoms. The number of nitro groups is 3. The Morgan fingerprint density at radius 3 is 1.00 bits per heavy atom. The Hall–Kier alpha value is -6.92. The summed E-state index contributed by atoms with van der Waals surface area (Å²) < 4.78 is 9.11. The Morgan fingerprint density at radius 1 is 0.465 bits per heavy atom. The molecule has 218 valence electrons. The lowest BCUT2D eigenvalue weighted by Gasteiger charge is -2.10. The van der Waals surface area contributed by atoms with Crippen LogP contribution in [0, 0.1) is 30.3 Å². The number of non-ortho nitro benzene ring substituents is 3. The number of rotatable bonds is 9. The van der Waals surface area contributed by atoms with Crippen LogP contribution in [0.4, 0.5) is 17.1 Å². The quantitative estimate of drug-likeness (QED) is 0.155. The highest BCUT2D eigenvalue weighted by Gasteiger charge is 2.30. The first-order valence-electron chi connectivity index (χ1n) is 11.0. The Balaban J connectivity index is 1.98. The van der Waals surface area contributed by atoms with Crippen molar-refractivity contribution >= 4 is 52.9 Å². The average Bonchev–Trinajstić information content (AvgIpc) is 2.95. The van der Waals surface area contributed by atoms with Gasteiger partial charge in [0.15, 0.2) is 0 Å². The molecule has 0 amide bonds. The number of hydrogen-bond acceptors (Lipinski definition) is 14. The number of nitro benzene ring substituents is 3. The third-order valence-corrected chi connectivity index (χ3v) is 5.35. The van der Waals surface area contributed by atoms with E-state index in [4.69, 9.17) is 0 Å². The number of esters is 4. The van der Waals surface area contributed by atoms with Gasteiger partial charge in [0.1, 0.15) is 0 Å². The Bertz CT molecular complexity index is 1790. The van der Waals surface area contributed by atoms with Crippen molar-refractivity contribution in [3.63, 3.8) is 0 Å². The van der Waals surface area contributed by atoms with E-state index in [0.29, 0.717) is 42.5 Å². The van der Waals surface area contributed by atoms with Gasteiger partial charge in [0, 0.05) is 36.4 Å². The first-order valence-corrected chi connectivity index (χ1v) is 11.0. The van der Waals surface area contributed by atoms with Crippen LogP contribution in [0.25, 0.3) is 0 Å². The third-order valence-electron chi connectivity index (χ3n) is 5.35. The van der Waals surface area contributed by atoms with E-state index in [0.717, 1.165) is 12.1 Å². The van der Waals surface area contributed by atoms with Crippen LogP contribution in [-0.2, 0) is 9.47 Å². The summed E-state index contributed by atoms with van der Waals surface area (Å²) in [5.74, 6) is -10.5. The van der Waals surface area contributed by atoms with Crippen molar-refractivity contribution in [1.82, 2.24) is 0 Å². The van der Waals surface area contributed by atoms with Crippen molar-refractivity contribution in [2.24, 2.45) is 0 Å². The van der Waals surface area contributed by atoms with E-state index in [1.807, 2.05) is 0 Å². The lowest BCUT2D eigenvalue weighted by Crippen LogP contribution is -2.21. The highest BCUT2D eigenvalue weighted by molar-refractivity contribution is 6.13. The van der Waals surface area contributed by atoms with Gasteiger partial charge in [0.05, 0.1) is 48.2 Å². The fourth-order valence-electron chi connectivity index (χ4n) is 3.38. The van der Waals surface area contributed by atoms with Crippen LogP contribution in [0.5, 0.6) is 0 Å². The summed E-state index contributed by atoms with van der Waals surface area (Å²) in [5.41, 5.74) is -7.79. The minimum Gasteiger partial charge on any atom is -0.478 e. The number of carbonyl (C=O) groups excluding carboxylic acids is 4. The van der Waals surface area contributed by atoms with Gasteiger partial charge in [-0.3, -0.25) is 30.3 Å². The topological polar surface area (TPSA) is 291 Å². The Morgan fingerprint density at radius 2 is 0.721 bits per heavy atom. The van der Waals surface area contributed by atoms with Gasteiger partial charge in [-0.1, -0.05) is 0 Å². The number of ether oxygens (including phenoxy) is 2. The van der Waals surface area contributed by atoms with Crippen molar-refractivity contribution in [1.29, 1.82) is 0 Å². The monoisotopic (exact) mass is 597 g/mol. The van der Waals surface area contributed by atoms with Crippen molar-refractivity contribution in [2.75, 3.05) is 0 Å². The standard InChI is InChI=1S/C24H11N3O16/c28-19(29)16-7-10(25(36)37)1-4-13(16)21(32)42-23(34)15-6-3-12(27(40)41)9-18(15)24(35)43-22(33)14-5-2-11(26(38)39)8-17(14)20(30)31/h1-9H,(H,28,29)(H,30,31). The zero-order valence-electron chi connectivity index (χ0n) is 20.6. The minimum atomic E-state index is -1.83. The molecule has 0 heterocycles. The molecule has 43 heavy (non-hydrogen) atoms. The molecule has 0 bridgehead atoms. The summed E-state index contributed by atoms with van der Waals surface area (Å²) in [6.07, 6.45) is 0. The third kappa shape index (κ3) is 6.63. The first-order chi connectivity index (χ1) is 20.1. The molecule has 0 spiro atoms. The molecule has 0 saturated carbocycles. The second kappa shape index (κ2) is 12.1. The molecule has 0 saturated heterocycles. The van der Waals surface area contributed by atoms with E-state index in [1.165, 1.54) is 0 Å². The minimum absolute atomic E-state index is 0.444. The van der Waals surface area contributed by atoms with Gasteiger partial charge < -0.3 is 19.7 Å². The molecule has 0 aliphatic carbocycles. The first kappa shape index (κ1) is 30.6. The maximum atomic E-state index is 12.8. The number of carbonyl (C=O) groups is 6. The van der Waals surface area contributed by atoms with Crippen LogP contribution in [-0.4, -0.2) is 60.8 Å². The molecule has 0 fully saturated rings. The predicted molar refractivity (Wildman–Crippen MR) is 133 cm³/mol. The highest BCUT2D eigenvalue weighted by Crippen LogP contribution is 2.24. The van der Waals surface area contributed by atoms with Crippen LogP contribution in [0.2, 0.25) is 0 Å². The van der Waals surface area contributed by atoms with Crippen molar-refractivity contribution < 1.29 is 63.2 Å². The van der Waals surface area contributed by atoms with Crippen molar-refractivity contribution in [2.45, 2.75) is 0 Å². The number of nitrogens with zero attached hydrogens (tertiary/aromatic N) is 3. The maximum Gasteiger partial charge on any atom is 0.347 e. The van der Waals surface area contributed by atoms with Crippen LogP contribution in [0.3, 0.4) is 0 Å². The van der Waals surface area contributed by atoms with E-state index < -0.39 is 101 Å². The van der Waals surface area contributed by atoms with Gasteiger partial charge in [-0.2, -0.15) is 0 Å². The molecule has 3 aromatic rings. The Kier molecular flexibility index (Phi) is 8.60. The lowest BCUT2D eigenvalue weighted by atomic mass is 10.1. The number of hydrogen-bond donors (Lipinski definition) is 2. The molecule has 0 atom stereocenters. The molecule has 0 aromatic heterocycles. The van der Waals surface area contributed by atoms with Crippen molar-refractivity contribution in [3.8, 4) is 0 Å². The summed E-state index contributed by atoms with van der Waals surface area (Å²) in [6.45, 7) is 0. The second-order valence-corrected chi connectivity index (χ2v) is 7.93. The van der Waals surface area contributed by atoms with E-state index in [9.17, 15) is 69.3 Å². The zero-order valence-corrected chi connectivity index (χ0v) is 20.6. The highest BCUT2D eigenvalue weighted by atomic mass is 16.6. The van der Waals surface area contributed by atoms with Gasteiger partial charge >= 0.3 is 35.8 Å². The van der Waals surface area contributed by atoms with Crippen molar-refractivity contribution in [3.05, 3.63) is 118 Å². The number of benzene rings is 3. The molecule has 2 N–H and O–H groups in total. The van der Waals surface area contributed by atoms with Gasteiger partial charge in [-0.15, -0.1) is 0 Å². The molecule has 3 rings (SSSR count). The second-order valence-electron chi connectivity index (χ2n) is 7.93. The number of carboxylic acid groups (broad SMARTS) is 2. The van der Waals surface area contributed by atoms with Gasteiger partial charge in [-0.25, -0.2) is 28.8 Å². The molecule has 0 aliphatic heterocycles. The normalized spacial score (nSPS) is 10.2. The molecule has 19 nitrogen and oxygen atoms in total. The predicted octanol–water partition coefficient (Wildman–Crippen LogP) is 2.80. The lowest BCUT2D eigenvalue weighted by molar-refractivity contribution is -0.385. The van der Waals surface area contributed by atoms with E-state index >= 15 is 0 Å². The summed E-state index contributed by atoms with van der Waals surface area (Å²) in [7, 11) is 0. The Labute approximate surface area is 234 Å². The summed E-state index contributed by atoms with van der Waals surface area (Å²) in [5, 5.41) is 51.7. The van der Waals surface area contributed by atoms with Crippen LogP contribution >= 0.6 is 0 Å². The summed E-state index contributed by atoms with van der Waals surface area (Å²) in [6, 6.07) is 5.54. The van der Waals surface area contributed by atoms with Gasteiger partial charge in [0.25, 0.3) is 17.1 Å². The van der Waals surface area contributed by atoms with E-state index in [1.54, 1.807) is 0 Å². The maximum absolute atomic E-state index is 12.8. The molecule has 3 aromatic carbocycles. The van der Waals surface area contributed by atoms with Gasteiger partial charge in [-0.05, 0) is 18.2 Å². The van der Waals surface area contributed by atoms with E-state index in [-0.39, 0.29) is 0 Å². The zero-order chi connectivity index (χ0) is 32.2. The van der Waals surface area contributed by atoms with Crippen LogP contribution in [0.1, 0.15) is 62.1 Å². The smallest absolute Gasteiger partial charge is 0.347 e. The molecular weight excluding hydrogens is 586 g/mol. The summed E-state index contributed by atoms with van der Waals surface area (Å²) >= 11 is 0. The molecule has 0 radical (unpaired) electrons. The summed E-state index contributed by atoms with van der Waals surface area (Å²) in [4.78, 5) is 104. The number of aromatic carboxylic acids is 2. The van der Waals surface area contributed by atoms with Gasteiger partial charge in [0.2, 0.25) is 0 Å². The molecule has 0 unspecified atom stereocenters. The molecular formula is C24H11N3O16. The SMILES string of the molecule is O=C(O)c1cc([N+](=O)[O-])ccc1C(=O)OC(=O)c1ccc([N+](=O)[O-])cc1C(=O)OC(=O)c1ccc([N+](=O)[O-])cc1C(=O)O. The van der Waals surface area contributed by atoms with Crippen LogP contribution in [0.15, 0.2) is 54.6 Å². The fourth-order valence-corrected chi connectivity index (χ4v) is 3.38. The average molecular weight is 597 g/mol. The number of carboxylic acids is 2.